The number of aliphatic carboxylic acids is 1. The minimum atomic E-state index is -4.37. The highest BCUT2D eigenvalue weighted by atomic mass is 32.2. The molecule has 0 spiro atoms. The van der Waals surface area contributed by atoms with Crippen LogP contribution in [0.25, 0.3) is 0 Å². The Morgan fingerprint density at radius 3 is 2.22 bits per heavy atom. The van der Waals surface area contributed by atoms with Gasteiger partial charge < -0.3 is 20.2 Å². The van der Waals surface area contributed by atoms with Gasteiger partial charge in [-0.15, -0.1) is 5.10 Å². The summed E-state index contributed by atoms with van der Waals surface area (Å²) in [4.78, 5) is 23.4. The van der Waals surface area contributed by atoms with E-state index in [4.69, 9.17) is 9.52 Å². The number of aromatic nitrogens is 2. The van der Waals surface area contributed by atoms with Crippen LogP contribution in [0.5, 0.6) is 0 Å². The molecule has 1 aliphatic carbocycles. The van der Waals surface area contributed by atoms with Crippen molar-refractivity contribution < 1.29 is 32.3 Å². The van der Waals surface area contributed by atoms with Crippen LogP contribution in [0.4, 0.5) is 30.6 Å². The van der Waals surface area contributed by atoms with Crippen LogP contribution in [-0.4, -0.2) is 32.7 Å². The van der Waals surface area contributed by atoms with Gasteiger partial charge in [0.2, 0.25) is 0 Å². The Hall–Kier alpha value is -3.54. The van der Waals surface area contributed by atoms with E-state index in [0.717, 1.165) is 31.2 Å². The number of carboxylic acid groups (broad SMARTS) is 1. The zero-order valence-corrected chi connectivity index (χ0v) is 19.7. The Labute approximate surface area is 208 Å². The van der Waals surface area contributed by atoms with E-state index in [0.29, 0.717) is 17.3 Å². The molecule has 8 nitrogen and oxygen atoms in total. The fourth-order valence-electron chi connectivity index (χ4n) is 4.20. The van der Waals surface area contributed by atoms with Crippen molar-refractivity contribution in [3.63, 3.8) is 0 Å². The first kappa shape index (κ1) is 25.5. The smallest absolute Gasteiger partial charge is 0.446 e. The van der Waals surface area contributed by atoms with Gasteiger partial charge in [0.15, 0.2) is 0 Å². The molecule has 1 aromatic heterocycles. The molecular weight excluding hydrogens is 497 g/mol. The van der Waals surface area contributed by atoms with Crippen LogP contribution in [0.3, 0.4) is 0 Å². The van der Waals surface area contributed by atoms with Crippen molar-refractivity contribution >= 4 is 41.0 Å². The molecule has 2 aromatic carbocycles. The summed E-state index contributed by atoms with van der Waals surface area (Å²) in [6.07, 6.45) is 3.87. The lowest BCUT2D eigenvalue weighted by Crippen LogP contribution is -2.16. The summed E-state index contributed by atoms with van der Waals surface area (Å²) < 4.78 is 42.6. The lowest BCUT2D eigenvalue weighted by molar-refractivity contribution is -0.138. The van der Waals surface area contributed by atoms with E-state index in [9.17, 15) is 22.8 Å². The molecule has 0 radical (unpaired) electrons. The molecule has 0 aliphatic heterocycles. The maximum absolute atomic E-state index is 12.5. The standard InChI is InChI=1S/C24H23F3N4O4S/c25-24(26,27)36-19-11-9-18(10-12-19)29-23-31-30-22(35-23)21(34)28-17-7-5-16(6-8-17)15-3-1-14(2-4-15)13-20(32)33/h5-12,14-15H,1-4,13H2,(H,28,34)(H,29,31)(H,32,33)/t14-,15-. The molecule has 4 rings (SSSR count). The summed E-state index contributed by atoms with van der Waals surface area (Å²) in [5.74, 6) is -1.03. The first-order valence-electron chi connectivity index (χ1n) is 11.2. The number of benzene rings is 2. The van der Waals surface area contributed by atoms with Crippen molar-refractivity contribution in [1.29, 1.82) is 0 Å². The van der Waals surface area contributed by atoms with Crippen LogP contribution in [0, 0.1) is 5.92 Å². The van der Waals surface area contributed by atoms with E-state index in [1.165, 1.54) is 24.3 Å². The first-order valence-corrected chi connectivity index (χ1v) is 12.1. The number of amides is 1. The van der Waals surface area contributed by atoms with Crippen molar-refractivity contribution in [1.82, 2.24) is 10.2 Å². The Morgan fingerprint density at radius 2 is 1.61 bits per heavy atom. The second-order valence-corrected chi connectivity index (χ2v) is 9.64. The van der Waals surface area contributed by atoms with Crippen molar-refractivity contribution in [3.05, 3.63) is 60.0 Å². The van der Waals surface area contributed by atoms with E-state index in [1.807, 2.05) is 12.1 Å². The molecule has 12 heteroatoms. The number of carbonyl (C=O) groups is 2. The quantitative estimate of drug-likeness (QED) is 0.291. The van der Waals surface area contributed by atoms with E-state index in [1.54, 1.807) is 12.1 Å². The van der Waals surface area contributed by atoms with Gasteiger partial charge in [-0.25, -0.2) is 0 Å². The molecule has 0 bridgehead atoms. The Bertz CT molecular complexity index is 1190. The maximum atomic E-state index is 12.5. The number of hydrogen-bond donors (Lipinski definition) is 3. The van der Waals surface area contributed by atoms with Crippen molar-refractivity contribution in [2.24, 2.45) is 5.92 Å². The molecule has 0 atom stereocenters. The van der Waals surface area contributed by atoms with Crippen LogP contribution < -0.4 is 10.6 Å². The maximum Gasteiger partial charge on any atom is 0.446 e. The van der Waals surface area contributed by atoms with Crippen molar-refractivity contribution in [2.75, 3.05) is 10.6 Å². The SMILES string of the molecule is O=C(O)C[C@H]1CC[C@H](c2ccc(NC(=O)c3nnc(Nc4ccc(SC(F)(F)F)cc4)o3)cc2)CC1. The molecule has 1 aliphatic rings. The number of carboxylic acids is 1. The number of nitrogens with one attached hydrogen (secondary N) is 2. The fourth-order valence-corrected chi connectivity index (χ4v) is 4.74. The van der Waals surface area contributed by atoms with Crippen LogP contribution in [0.2, 0.25) is 0 Å². The summed E-state index contributed by atoms with van der Waals surface area (Å²) in [5.41, 5.74) is -2.25. The Morgan fingerprint density at radius 1 is 0.972 bits per heavy atom. The number of carbonyl (C=O) groups excluding carboxylic acids is 1. The molecule has 1 heterocycles. The first-order chi connectivity index (χ1) is 17.1. The Kier molecular flexibility index (Phi) is 7.82. The van der Waals surface area contributed by atoms with Crippen molar-refractivity contribution in [2.45, 2.75) is 48.4 Å². The van der Waals surface area contributed by atoms with Gasteiger partial charge in [-0.2, -0.15) is 13.2 Å². The zero-order chi connectivity index (χ0) is 25.7. The predicted molar refractivity (Wildman–Crippen MR) is 127 cm³/mol. The summed E-state index contributed by atoms with van der Waals surface area (Å²) >= 11 is -0.216. The van der Waals surface area contributed by atoms with Gasteiger partial charge >= 0.3 is 29.3 Å². The highest BCUT2D eigenvalue weighted by Crippen LogP contribution is 2.38. The van der Waals surface area contributed by atoms with Crippen LogP contribution >= 0.6 is 11.8 Å². The summed E-state index contributed by atoms with van der Waals surface area (Å²) in [6, 6.07) is 12.8. The molecule has 1 saturated carbocycles. The van der Waals surface area contributed by atoms with Gasteiger partial charge in [0.05, 0.1) is 0 Å². The molecule has 3 aromatic rings. The number of thioether (sulfide) groups is 1. The lowest BCUT2D eigenvalue weighted by Gasteiger charge is -2.28. The number of anilines is 3. The molecule has 3 N–H and O–H groups in total. The van der Waals surface area contributed by atoms with Gasteiger partial charge in [-0.05, 0) is 91.2 Å². The second-order valence-electron chi connectivity index (χ2n) is 8.50. The van der Waals surface area contributed by atoms with Crippen molar-refractivity contribution in [3.8, 4) is 0 Å². The van der Waals surface area contributed by atoms with Gasteiger partial charge in [0.25, 0.3) is 0 Å². The molecule has 36 heavy (non-hydrogen) atoms. The third-order valence-electron chi connectivity index (χ3n) is 5.91. The second kappa shape index (κ2) is 11.0. The number of alkyl halides is 3. The van der Waals surface area contributed by atoms with Gasteiger partial charge in [0.1, 0.15) is 0 Å². The average molecular weight is 521 g/mol. The predicted octanol–water partition coefficient (Wildman–Crippen LogP) is 6.43. The molecular formula is C24H23F3N4O4S. The third-order valence-corrected chi connectivity index (χ3v) is 6.65. The Balaban J connectivity index is 1.29. The third kappa shape index (κ3) is 7.23. The summed E-state index contributed by atoms with van der Waals surface area (Å²) in [5, 5.41) is 21.8. The monoisotopic (exact) mass is 520 g/mol. The number of nitrogens with zero attached hydrogens (tertiary/aromatic N) is 2. The van der Waals surface area contributed by atoms with Crippen LogP contribution in [0.15, 0.2) is 57.8 Å². The highest BCUT2D eigenvalue weighted by molar-refractivity contribution is 8.00. The minimum absolute atomic E-state index is 0.0375. The normalized spacial score (nSPS) is 18.0. The molecule has 0 saturated heterocycles. The van der Waals surface area contributed by atoms with Gasteiger partial charge in [-0.3, -0.25) is 9.59 Å². The average Bonchev–Trinajstić information content (AvgIpc) is 3.29. The summed E-state index contributed by atoms with van der Waals surface area (Å²) in [7, 11) is 0. The topological polar surface area (TPSA) is 117 Å². The van der Waals surface area contributed by atoms with Crippen LogP contribution in [0.1, 0.15) is 54.3 Å². The fraction of sp³-hybridized carbons (Fsp3) is 0.333. The van der Waals surface area contributed by atoms with E-state index in [-0.39, 0.29) is 40.9 Å². The van der Waals surface area contributed by atoms with E-state index < -0.39 is 17.4 Å². The molecule has 1 amide bonds. The lowest BCUT2D eigenvalue weighted by atomic mass is 9.77. The molecule has 1 fully saturated rings. The number of hydrogen-bond acceptors (Lipinski definition) is 7. The van der Waals surface area contributed by atoms with E-state index in [2.05, 4.69) is 20.8 Å². The number of rotatable bonds is 8. The molecule has 0 unspecified atom stereocenters. The van der Waals surface area contributed by atoms with Gasteiger partial charge in [0, 0.05) is 22.7 Å². The van der Waals surface area contributed by atoms with E-state index >= 15 is 0 Å². The minimum Gasteiger partial charge on any atom is -0.481 e. The highest BCUT2D eigenvalue weighted by Gasteiger charge is 2.29. The zero-order valence-electron chi connectivity index (χ0n) is 18.9. The van der Waals surface area contributed by atoms with Gasteiger partial charge in [-0.1, -0.05) is 17.2 Å². The molecule has 190 valence electrons. The summed E-state index contributed by atoms with van der Waals surface area (Å²) in [6.45, 7) is 0. The largest absolute Gasteiger partial charge is 0.481 e. The number of halogens is 3. The van der Waals surface area contributed by atoms with Crippen LogP contribution in [-0.2, 0) is 4.79 Å².